The Labute approximate surface area is 96.6 Å². The van der Waals surface area contributed by atoms with Crippen LogP contribution in [0.4, 0.5) is 0 Å². The molecule has 2 atom stereocenters. The van der Waals surface area contributed by atoms with Gasteiger partial charge in [-0.25, -0.2) is 0 Å². The quantitative estimate of drug-likeness (QED) is 0.749. The van der Waals surface area contributed by atoms with Crippen LogP contribution in [0.2, 0.25) is 0 Å². The zero-order valence-electron chi connectivity index (χ0n) is 10.1. The summed E-state index contributed by atoms with van der Waals surface area (Å²) in [6, 6.07) is 0.365. The minimum Gasteiger partial charge on any atom is -0.394 e. The highest BCUT2D eigenvalue weighted by atomic mass is 16.5. The monoisotopic (exact) mass is 227 g/mol. The van der Waals surface area contributed by atoms with Crippen molar-refractivity contribution in [3.8, 4) is 0 Å². The number of carbonyl (C=O) groups is 1. The number of carbonyl (C=O) groups excluding carboxylic acids is 1. The molecule has 1 saturated heterocycles. The first-order valence-corrected chi connectivity index (χ1v) is 6.04. The molecule has 16 heavy (non-hydrogen) atoms. The maximum atomic E-state index is 11.3. The Balaban J connectivity index is 2.01. The van der Waals surface area contributed by atoms with E-state index in [9.17, 15) is 9.90 Å². The molecule has 0 aromatic carbocycles. The van der Waals surface area contributed by atoms with Gasteiger partial charge >= 0.3 is 0 Å². The molecule has 0 spiro atoms. The summed E-state index contributed by atoms with van der Waals surface area (Å²) in [6.45, 7) is 5.73. The normalized spacial score (nSPS) is 35.6. The number of hydrogen-bond donors (Lipinski definition) is 1. The highest BCUT2D eigenvalue weighted by molar-refractivity contribution is 5.81. The highest BCUT2D eigenvalue weighted by Crippen LogP contribution is 2.28. The van der Waals surface area contributed by atoms with Crippen molar-refractivity contribution in [1.29, 1.82) is 0 Å². The number of ether oxygens (including phenoxy) is 1. The minimum absolute atomic E-state index is 0.0561. The lowest BCUT2D eigenvalue weighted by molar-refractivity contribution is -0.156. The lowest BCUT2D eigenvalue weighted by Gasteiger charge is -2.44. The smallest absolute Gasteiger partial charge is 0.134 e. The van der Waals surface area contributed by atoms with Crippen LogP contribution in [0.5, 0.6) is 0 Å². The van der Waals surface area contributed by atoms with Gasteiger partial charge < -0.3 is 9.84 Å². The topological polar surface area (TPSA) is 49.8 Å². The molecule has 4 nitrogen and oxygen atoms in total. The van der Waals surface area contributed by atoms with E-state index in [1.54, 1.807) is 0 Å². The third-order valence-electron chi connectivity index (χ3n) is 3.45. The van der Waals surface area contributed by atoms with Gasteiger partial charge in [0.25, 0.3) is 0 Å². The van der Waals surface area contributed by atoms with Crippen LogP contribution in [0.1, 0.15) is 33.1 Å². The first-order chi connectivity index (χ1) is 7.50. The van der Waals surface area contributed by atoms with Crippen molar-refractivity contribution in [2.45, 2.75) is 50.9 Å². The van der Waals surface area contributed by atoms with Crippen molar-refractivity contribution in [3.63, 3.8) is 0 Å². The van der Waals surface area contributed by atoms with E-state index in [1.165, 1.54) is 0 Å². The van der Waals surface area contributed by atoms with E-state index in [1.807, 2.05) is 13.8 Å². The Kier molecular flexibility index (Phi) is 3.33. The number of hydrogen-bond acceptors (Lipinski definition) is 4. The first kappa shape index (κ1) is 12.0. The maximum Gasteiger partial charge on any atom is 0.134 e. The second-order valence-electron chi connectivity index (χ2n) is 5.55. The van der Waals surface area contributed by atoms with Gasteiger partial charge in [0.1, 0.15) is 5.78 Å². The van der Waals surface area contributed by atoms with Gasteiger partial charge in [0.05, 0.1) is 18.3 Å². The van der Waals surface area contributed by atoms with E-state index in [4.69, 9.17) is 4.74 Å². The summed E-state index contributed by atoms with van der Waals surface area (Å²) >= 11 is 0. The maximum absolute atomic E-state index is 11.3. The van der Waals surface area contributed by atoms with E-state index in [2.05, 4.69) is 4.90 Å². The van der Waals surface area contributed by atoms with Crippen LogP contribution >= 0.6 is 0 Å². The fraction of sp³-hybridized carbons (Fsp3) is 0.917. The average Bonchev–Trinajstić information content (AvgIpc) is 2.62. The third kappa shape index (κ3) is 2.62. The Bertz CT molecular complexity index is 277. The summed E-state index contributed by atoms with van der Waals surface area (Å²) in [4.78, 5) is 13.6. The average molecular weight is 227 g/mol. The van der Waals surface area contributed by atoms with Crippen molar-refractivity contribution < 1.29 is 14.6 Å². The molecule has 2 fully saturated rings. The van der Waals surface area contributed by atoms with Crippen LogP contribution in [0.15, 0.2) is 0 Å². The molecule has 0 bridgehead atoms. The van der Waals surface area contributed by atoms with Gasteiger partial charge in [-0.05, 0) is 20.3 Å². The first-order valence-electron chi connectivity index (χ1n) is 6.04. The van der Waals surface area contributed by atoms with Crippen LogP contribution in [0.25, 0.3) is 0 Å². The molecule has 1 aliphatic carbocycles. The molecule has 2 rings (SSSR count). The highest BCUT2D eigenvalue weighted by Gasteiger charge is 2.38. The number of Topliss-reactive ketones (excluding diaryl/α,β-unsaturated/α-hetero) is 1. The molecule has 2 unspecified atom stereocenters. The van der Waals surface area contributed by atoms with Crippen LogP contribution in [-0.4, -0.2) is 53.2 Å². The zero-order chi connectivity index (χ0) is 11.8. The van der Waals surface area contributed by atoms with Crippen LogP contribution in [0, 0.1) is 0 Å². The minimum atomic E-state index is -0.225. The molecule has 1 heterocycles. The molecular formula is C12H21NO3. The molecule has 92 valence electrons. The Morgan fingerprint density at radius 3 is 2.88 bits per heavy atom. The SMILES string of the molecule is CC1(C)CN(C2CCC(=O)C2)CC(CO)O1. The summed E-state index contributed by atoms with van der Waals surface area (Å²) in [6.07, 6.45) is 2.24. The molecule has 1 saturated carbocycles. The van der Waals surface area contributed by atoms with Gasteiger partial charge in [-0.2, -0.15) is 0 Å². The predicted octanol–water partition coefficient (Wildman–Crippen LogP) is 0.580. The fourth-order valence-electron chi connectivity index (χ4n) is 2.82. The van der Waals surface area contributed by atoms with Crippen LogP contribution in [-0.2, 0) is 9.53 Å². The standard InChI is InChI=1S/C12H21NO3/c1-12(2)8-13(6-11(7-14)16-12)9-3-4-10(15)5-9/h9,11,14H,3-8H2,1-2H3. The van der Waals surface area contributed by atoms with E-state index < -0.39 is 0 Å². The number of morpholine rings is 1. The van der Waals surface area contributed by atoms with Gasteiger partial charge in [-0.1, -0.05) is 0 Å². The largest absolute Gasteiger partial charge is 0.394 e. The second-order valence-corrected chi connectivity index (χ2v) is 5.55. The molecular weight excluding hydrogens is 206 g/mol. The molecule has 4 heteroatoms. The van der Waals surface area contributed by atoms with E-state index in [-0.39, 0.29) is 18.3 Å². The van der Waals surface area contributed by atoms with Gasteiger partial charge in [-0.3, -0.25) is 9.69 Å². The predicted molar refractivity (Wildman–Crippen MR) is 60.3 cm³/mol. The van der Waals surface area contributed by atoms with Crippen molar-refractivity contribution in [2.75, 3.05) is 19.7 Å². The zero-order valence-corrected chi connectivity index (χ0v) is 10.1. The summed E-state index contributed by atoms with van der Waals surface area (Å²) in [7, 11) is 0. The second kappa shape index (κ2) is 4.43. The number of aliphatic hydroxyl groups excluding tert-OH is 1. The number of nitrogens with zero attached hydrogens (tertiary/aromatic N) is 1. The number of ketones is 1. The molecule has 0 aromatic heterocycles. The van der Waals surface area contributed by atoms with Crippen LogP contribution in [0.3, 0.4) is 0 Å². The summed E-state index contributed by atoms with van der Waals surface area (Å²) in [5.74, 6) is 0.370. The lowest BCUT2D eigenvalue weighted by atomic mass is 10.0. The Hall–Kier alpha value is -0.450. The van der Waals surface area contributed by atoms with Crippen molar-refractivity contribution >= 4 is 5.78 Å². The van der Waals surface area contributed by atoms with Gasteiger partial charge in [-0.15, -0.1) is 0 Å². The van der Waals surface area contributed by atoms with E-state index in [0.29, 0.717) is 24.7 Å². The van der Waals surface area contributed by atoms with Gasteiger partial charge in [0, 0.05) is 32.0 Å². The summed E-state index contributed by atoms with van der Waals surface area (Å²) in [5.41, 5.74) is -0.225. The Morgan fingerprint density at radius 1 is 1.56 bits per heavy atom. The lowest BCUT2D eigenvalue weighted by Crippen LogP contribution is -2.56. The van der Waals surface area contributed by atoms with Crippen molar-refractivity contribution in [2.24, 2.45) is 0 Å². The molecule has 0 radical (unpaired) electrons. The van der Waals surface area contributed by atoms with Gasteiger partial charge in [0.2, 0.25) is 0 Å². The van der Waals surface area contributed by atoms with Crippen molar-refractivity contribution in [3.05, 3.63) is 0 Å². The number of rotatable bonds is 2. The third-order valence-corrected chi connectivity index (χ3v) is 3.45. The molecule has 1 N–H and O–H groups in total. The van der Waals surface area contributed by atoms with Crippen LogP contribution < -0.4 is 0 Å². The number of aliphatic hydroxyl groups is 1. The molecule has 1 aliphatic heterocycles. The summed E-state index contributed by atoms with van der Waals surface area (Å²) < 4.78 is 5.76. The molecule has 0 amide bonds. The molecule has 0 aromatic rings. The van der Waals surface area contributed by atoms with Gasteiger partial charge in [0.15, 0.2) is 0 Å². The van der Waals surface area contributed by atoms with Crippen molar-refractivity contribution in [1.82, 2.24) is 4.90 Å². The van der Waals surface area contributed by atoms with E-state index >= 15 is 0 Å². The van der Waals surface area contributed by atoms with E-state index in [0.717, 1.165) is 19.5 Å². The summed E-state index contributed by atoms with van der Waals surface area (Å²) in [5, 5.41) is 9.22. The fourth-order valence-corrected chi connectivity index (χ4v) is 2.82. The molecule has 2 aliphatic rings. The Morgan fingerprint density at radius 2 is 2.31 bits per heavy atom.